The van der Waals surface area contributed by atoms with Gasteiger partial charge in [0.25, 0.3) is 0 Å². The topological polar surface area (TPSA) is 101 Å². The Morgan fingerprint density at radius 3 is 2.08 bits per heavy atom. The summed E-state index contributed by atoms with van der Waals surface area (Å²) in [6.45, 7) is 0.0420. The third-order valence-electron chi connectivity index (χ3n) is 3.27. The molecule has 0 spiro atoms. The SMILES string of the molecule is CN(C)c1nc(CNS(=O)(=O)CCOc2ccccc2)nc(N(C)C)n1. The molecule has 1 aromatic carbocycles. The predicted octanol–water partition coefficient (Wildman–Crippen LogP) is 0.502. The van der Waals surface area contributed by atoms with Crippen LogP contribution in [-0.4, -0.2) is 63.9 Å². The van der Waals surface area contributed by atoms with Crippen LogP contribution < -0.4 is 19.3 Å². The molecule has 0 bridgehead atoms. The first-order valence-corrected chi connectivity index (χ1v) is 9.67. The largest absolute Gasteiger partial charge is 0.492 e. The highest BCUT2D eigenvalue weighted by Crippen LogP contribution is 2.11. The molecule has 10 heteroatoms. The highest BCUT2D eigenvalue weighted by atomic mass is 32.2. The summed E-state index contributed by atoms with van der Waals surface area (Å²) >= 11 is 0. The molecule has 0 saturated carbocycles. The van der Waals surface area contributed by atoms with Crippen LogP contribution in [0.3, 0.4) is 0 Å². The van der Waals surface area contributed by atoms with Crippen molar-refractivity contribution in [3.8, 4) is 5.75 Å². The fourth-order valence-corrected chi connectivity index (χ4v) is 2.70. The zero-order chi connectivity index (χ0) is 19.2. The molecular weight excluding hydrogens is 356 g/mol. The molecule has 1 aromatic heterocycles. The van der Waals surface area contributed by atoms with Gasteiger partial charge in [-0.15, -0.1) is 0 Å². The van der Waals surface area contributed by atoms with Crippen molar-refractivity contribution in [2.75, 3.05) is 50.4 Å². The third kappa shape index (κ3) is 6.12. The van der Waals surface area contributed by atoms with Crippen LogP contribution in [0.15, 0.2) is 30.3 Å². The van der Waals surface area contributed by atoms with Crippen LogP contribution in [0.1, 0.15) is 5.82 Å². The summed E-state index contributed by atoms with van der Waals surface area (Å²) < 4.78 is 32.2. The standard InChI is InChI=1S/C16H24N6O3S/c1-21(2)15-18-14(19-16(20-15)22(3)4)12-17-26(23,24)11-10-25-13-8-6-5-7-9-13/h5-9,17H,10-12H2,1-4H3. The van der Waals surface area contributed by atoms with E-state index in [0.717, 1.165) is 0 Å². The van der Waals surface area contributed by atoms with Gasteiger partial charge in [-0.3, -0.25) is 0 Å². The van der Waals surface area contributed by atoms with E-state index in [1.54, 1.807) is 21.9 Å². The number of nitrogens with zero attached hydrogens (tertiary/aromatic N) is 5. The normalized spacial score (nSPS) is 11.2. The lowest BCUT2D eigenvalue weighted by atomic mass is 10.3. The van der Waals surface area contributed by atoms with Crippen molar-refractivity contribution in [2.24, 2.45) is 0 Å². The maximum Gasteiger partial charge on any atom is 0.229 e. The maximum absolute atomic E-state index is 12.1. The average Bonchev–Trinajstić information content (AvgIpc) is 2.60. The number of para-hydroxylation sites is 1. The number of hydrogen-bond donors (Lipinski definition) is 1. The first-order chi connectivity index (χ1) is 12.3. The van der Waals surface area contributed by atoms with E-state index in [-0.39, 0.29) is 18.9 Å². The Bertz CT molecular complexity index is 786. The summed E-state index contributed by atoms with van der Waals surface area (Å²) in [5.41, 5.74) is 0. The fraction of sp³-hybridized carbons (Fsp3) is 0.438. The van der Waals surface area contributed by atoms with E-state index in [4.69, 9.17) is 4.74 Å². The molecule has 142 valence electrons. The summed E-state index contributed by atoms with van der Waals surface area (Å²) in [7, 11) is 3.72. The lowest BCUT2D eigenvalue weighted by Crippen LogP contribution is -2.30. The number of hydrogen-bond acceptors (Lipinski definition) is 8. The summed E-state index contributed by atoms with van der Waals surface area (Å²) in [5.74, 6) is 1.75. The van der Waals surface area contributed by atoms with Gasteiger partial charge < -0.3 is 14.5 Å². The molecule has 0 aliphatic heterocycles. The molecule has 2 aromatic rings. The average molecular weight is 380 g/mol. The first-order valence-electron chi connectivity index (χ1n) is 8.01. The van der Waals surface area contributed by atoms with Crippen molar-refractivity contribution in [1.82, 2.24) is 19.7 Å². The number of ether oxygens (including phenoxy) is 1. The molecule has 1 N–H and O–H groups in total. The summed E-state index contributed by atoms with van der Waals surface area (Å²) in [6.07, 6.45) is 0. The van der Waals surface area contributed by atoms with Crippen LogP contribution in [0.25, 0.3) is 0 Å². The quantitative estimate of drug-likeness (QED) is 0.671. The van der Waals surface area contributed by atoms with Gasteiger partial charge in [0.1, 0.15) is 12.4 Å². The van der Waals surface area contributed by atoms with Crippen molar-refractivity contribution in [1.29, 1.82) is 0 Å². The van der Waals surface area contributed by atoms with Crippen LogP contribution in [0.2, 0.25) is 0 Å². The summed E-state index contributed by atoms with van der Waals surface area (Å²) in [6, 6.07) is 9.07. The molecule has 26 heavy (non-hydrogen) atoms. The van der Waals surface area contributed by atoms with Gasteiger partial charge in [0.05, 0.1) is 12.3 Å². The Morgan fingerprint density at radius 1 is 0.962 bits per heavy atom. The monoisotopic (exact) mass is 380 g/mol. The van der Waals surface area contributed by atoms with Crippen LogP contribution >= 0.6 is 0 Å². The van der Waals surface area contributed by atoms with E-state index >= 15 is 0 Å². The Morgan fingerprint density at radius 2 is 1.54 bits per heavy atom. The number of sulfonamides is 1. The minimum absolute atomic E-state index is 0.0160. The van der Waals surface area contributed by atoms with Crippen molar-refractivity contribution in [3.63, 3.8) is 0 Å². The number of aromatic nitrogens is 3. The highest BCUT2D eigenvalue weighted by Gasteiger charge is 2.14. The van der Waals surface area contributed by atoms with Gasteiger partial charge in [-0.1, -0.05) is 18.2 Å². The molecule has 0 fully saturated rings. The molecule has 0 amide bonds. The van der Waals surface area contributed by atoms with E-state index in [2.05, 4.69) is 19.7 Å². The maximum atomic E-state index is 12.1. The zero-order valence-electron chi connectivity index (χ0n) is 15.4. The Hall–Kier alpha value is -2.46. The van der Waals surface area contributed by atoms with Crippen molar-refractivity contribution in [3.05, 3.63) is 36.2 Å². The van der Waals surface area contributed by atoms with E-state index in [1.807, 2.05) is 46.4 Å². The Kier molecular flexibility index (Phi) is 6.70. The van der Waals surface area contributed by atoms with Crippen molar-refractivity contribution in [2.45, 2.75) is 6.54 Å². The first kappa shape index (κ1) is 19.9. The smallest absolute Gasteiger partial charge is 0.229 e. The van der Waals surface area contributed by atoms with Crippen LogP contribution in [-0.2, 0) is 16.6 Å². The molecule has 0 atom stereocenters. The molecule has 9 nitrogen and oxygen atoms in total. The number of rotatable bonds is 9. The van der Waals surface area contributed by atoms with Crippen LogP contribution in [0.5, 0.6) is 5.75 Å². The Labute approximate surface area is 154 Å². The fourth-order valence-electron chi connectivity index (χ4n) is 1.91. The number of benzene rings is 1. The van der Waals surface area contributed by atoms with E-state index < -0.39 is 10.0 Å². The lowest BCUT2D eigenvalue weighted by Gasteiger charge is -2.16. The van der Waals surface area contributed by atoms with Gasteiger partial charge in [-0.05, 0) is 12.1 Å². The van der Waals surface area contributed by atoms with Gasteiger partial charge >= 0.3 is 0 Å². The molecule has 0 aliphatic rings. The van der Waals surface area contributed by atoms with Crippen molar-refractivity contribution < 1.29 is 13.2 Å². The second-order valence-electron chi connectivity index (χ2n) is 5.94. The van der Waals surface area contributed by atoms with Gasteiger partial charge in [-0.25, -0.2) is 13.1 Å². The number of nitrogens with one attached hydrogen (secondary N) is 1. The Balaban J connectivity index is 1.95. The van der Waals surface area contributed by atoms with Gasteiger partial charge in [-0.2, -0.15) is 15.0 Å². The van der Waals surface area contributed by atoms with E-state index in [9.17, 15) is 8.42 Å². The van der Waals surface area contributed by atoms with Crippen LogP contribution in [0.4, 0.5) is 11.9 Å². The molecule has 0 aliphatic carbocycles. The van der Waals surface area contributed by atoms with Gasteiger partial charge in [0, 0.05) is 28.2 Å². The summed E-state index contributed by atoms with van der Waals surface area (Å²) in [4.78, 5) is 16.3. The summed E-state index contributed by atoms with van der Waals surface area (Å²) in [5, 5.41) is 0. The minimum atomic E-state index is -3.52. The zero-order valence-corrected chi connectivity index (χ0v) is 16.2. The third-order valence-corrected chi connectivity index (χ3v) is 4.56. The second-order valence-corrected chi connectivity index (χ2v) is 7.87. The second kappa shape index (κ2) is 8.77. The van der Waals surface area contributed by atoms with E-state index in [1.165, 1.54) is 0 Å². The minimum Gasteiger partial charge on any atom is -0.492 e. The molecule has 2 rings (SSSR count). The highest BCUT2D eigenvalue weighted by molar-refractivity contribution is 7.89. The van der Waals surface area contributed by atoms with Crippen molar-refractivity contribution >= 4 is 21.9 Å². The van der Waals surface area contributed by atoms with E-state index in [0.29, 0.717) is 23.5 Å². The number of anilines is 2. The van der Waals surface area contributed by atoms with Crippen LogP contribution in [0, 0.1) is 0 Å². The van der Waals surface area contributed by atoms with Gasteiger partial charge in [0.15, 0.2) is 5.82 Å². The molecule has 0 unspecified atom stereocenters. The molecule has 0 radical (unpaired) electrons. The molecule has 1 heterocycles. The molecule has 0 saturated heterocycles. The molecular formula is C16H24N6O3S. The predicted molar refractivity (Wildman–Crippen MR) is 101 cm³/mol. The lowest BCUT2D eigenvalue weighted by molar-refractivity contribution is 0.340. The van der Waals surface area contributed by atoms with Gasteiger partial charge in [0.2, 0.25) is 21.9 Å².